The molecule has 0 saturated carbocycles. The fraction of sp³-hybridized carbons (Fsp3) is 0.160. The Kier molecular flexibility index (Phi) is 6.44. The number of benzene rings is 2. The molecule has 0 fully saturated rings. The number of pyridine rings is 1. The Morgan fingerprint density at radius 1 is 1.16 bits per heavy atom. The van der Waals surface area contributed by atoms with Crippen molar-refractivity contribution in [1.29, 1.82) is 5.26 Å². The van der Waals surface area contributed by atoms with Crippen molar-refractivity contribution in [3.05, 3.63) is 83.7 Å². The number of nitrogens with one attached hydrogen (secondary N) is 2. The van der Waals surface area contributed by atoms with Crippen molar-refractivity contribution in [2.75, 3.05) is 6.54 Å². The molecule has 0 aliphatic carbocycles. The Labute approximate surface area is 185 Å². The molecule has 7 nitrogen and oxygen atoms in total. The summed E-state index contributed by atoms with van der Waals surface area (Å²) in [6, 6.07) is 21.7. The number of nitriles is 1. The van der Waals surface area contributed by atoms with E-state index >= 15 is 0 Å². The molecule has 7 heteroatoms. The van der Waals surface area contributed by atoms with Crippen LogP contribution in [-0.4, -0.2) is 27.6 Å². The number of aromatic nitrogens is 2. The van der Waals surface area contributed by atoms with Crippen molar-refractivity contribution in [1.82, 2.24) is 15.3 Å². The van der Waals surface area contributed by atoms with Gasteiger partial charge in [-0.05, 0) is 34.9 Å². The minimum absolute atomic E-state index is 0.0797. The smallest absolute Gasteiger partial charge is 0.304 e. The number of aromatic amines is 1. The molecular weight excluding hydrogens is 404 g/mol. The summed E-state index contributed by atoms with van der Waals surface area (Å²) in [6.07, 6.45) is 1.74. The summed E-state index contributed by atoms with van der Waals surface area (Å²) in [5, 5.41) is 22.3. The monoisotopic (exact) mass is 426 g/mol. The van der Waals surface area contributed by atoms with Crippen LogP contribution in [0.25, 0.3) is 22.2 Å². The summed E-state index contributed by atoms with van der Waals surface area (Å²) in [5.74, 6) is -0.193. The van der Waals surface area contributed by atoms with Crippen molar-refractivity contribution in [2.45, 2.75) is 19.6 Å². The number of carboxylic acids is 1. The molecule has 32 heavy (non-hydrogen) atoms. The van der Waals surface area contributed by atoms with Crippen LogP contribution in [0.15, 0.2) is 66.9 Å². The first-order valence-electron chi connectivity index (χ1n) is 10.2. The van der Waals surface area contributed by atoms with Crippen LogP contribution in [0.4, 0.5) is 0 Å². The molecular formula is C25H22N4O3. The highest BCUT2D eigenvalue weighted by molar-refractivity contribution is 5.78. The fourth-order valence-electron chi connectivity index (χ4n) is 3.45. The van der Waals surface area contributed by atoms with Gasteiger partial charge < -0.3 is 20.1 Å². The molecule has 0 unspecified atom stereocenters. The molecule has 2 heterocycles. The summed E-state index contributed by atoms with van der Waals surface area (Å²) in [5.41, 5.74) is 5.08. The van der Waals surface area contributed by atoms with Crippen LogP contribution >= 0.6 is 0 Å². The summed E-state index contributed by atoms with van der Waals surface area (Å²) in [4.78, 5) is 18.2. The van der Waals surface area contributed by atoms with Crippen molar-refractivity contribution >= 4 is 17.0 Å². The van der Waals surface area contributed by atoms with Crippen LogP contribution in [-0.2, 0) is 17.9 Å². The van der Waals surface area contributed by atoms with Gasteiger partial charge in [0.2, 0.25) is 0 Å². The highest BCUT2D eigenvalue weighted by Crippen LogP contribution is 2.25. The minimum atomic E-state index is -0.825. The zero-order chi connectivity index (χ0) is 22.3. The summed E-state index contributed by atoms with van der Waals surface area (Å²) in [6.45, 7) is 1.26. The zero-order valence-corrected chi connectivity index (χ0v) is 17.3. The quantitative estimate of drug-likeness (QED) is 0.345. The predicted molar refractivity (Wildman–Crippen MR) is 121 cm³/mol. The number of hydrogen-bond acceptors (Lipinski definition) is 5. The van der Waals surface area contributed by atoms with Gasteiger partial charge in [0.25, 0.3) is 0 Å². The lowest BCUT2D eigenvalue weighted by molar-refractivity contribution is -0.136. The maximum atomic E-state index is 10.6. The van der Waals surface area contributed by atoms with Gasteiger partial charge in [0.1, 0.15) is 18.0 Å². The molecule has 0 aliphatic rings. The Morgan fingerprint density at radius 2 is 2.00 bits per heavy atom. The van der Waals surface area contributed by atoms with Crippen LogP contribution in [0, 0.1) is 11.3 Å². The number of hydrogen-bond donors (Lipinski definition) is 3. The fourth-order valence-corrected chi connectivity index (χ4v) is 3.45. The van der Waals surface area contributed by atoms with E-state index in [9.17, 15) is 10.1 Å². The zero-order valence-electron chi connectivity index (χ0n) is 17.3. The van der Waals surface area contributed by atoms with Crippen LogP contribution in [0.3, 0.4) is 0 Å². The average molecular weight is 426 g/mol. The van der Waals surface area contributed by atoms with E-state index in [-0.39, 0.29) is 6.42 Å². The molecule has 0 bridgehead atoms. The number of aliphatic carboxylic acids is 1. The summed E-state index contributed by atoms with van der Waals surface area (Å²) < 4.78 is 5.91. The molecule has 0 aliphatic heterocycles. The van der Waals surface area contributed by atoms with Crippen molar-refractivity contribution < 1.29 is 14.6 Å². The second kappa shape index (κ2) is 9.77. The van der Waals surface area contributed by atoms with E-state index in [2.05, 4.69) is 21.4 Å². The second-order valence-electron chi connectivity index (χ2n) is 7.37. The van der Waals surface area contributed by atoms with E-state index < -0.39 is 5.97 Å². The summed E-state index contributed by atoms with van der Waals surface area (Å²) in [7, 11) is 0. The molecule has 3 N–H and O–H groups in total. The maximum Gasteiger partial charge on any atom is 0.304 e. The van der Waals surface area contributed by atoms with Crippen LogP contribution < -0.4 is 10.1 Å². The number of carbonyl (C=O) groups is 1. The van der Waals surface area contributed by atoms with E-state index in [1.165, 1.54) is 0 Å². The van der Waals surface area contributed by atoms with Gasteiger partial charge in [-0.25, -0.2) is 4.98 Å². The molecule has 0 radical (unpaired) electrons. The van der Waals surface area contributed by atoms with Gasteiger partial charge in [0, 0.05) is 24.2 Å². The second-order valence-corrected chi connectivity index (χ2v) is 7.37. The third-order valence-electron chi connectivity index (χ3n) is 5.03. The molecule has 0 spiro atoms. The molecule has 0 saturated heterocycles. The van der Waals surface area contributed by atoms with Gasteiger partial charge >= 0.3 is 5.97 Å². The number of nitrogens with zero attached hydrogens (tertiary/aromatic N) is 2. The van der Waals surface area contributed by atoms with E-state index in [4.69, 9.17) is 9.84 Å². The van der Waals surface area contributed by atoms with Crippen LogP contribution in [0.2, 0.25) is 0 Å². The Morgan fingerprint density at radius 3 is 2.78 bits per heavy atom. The highest BCUT2D eigenvalue weighted by Gasteiger charge is 2.08. The Hall–Kier alpha value is -4.15. The third-order valence-corrected chi connectivity index (χ3v) is 5.03. The lowest BCUT2D eigenvalue weighted by Gasteiger charge is -2.09. The van der Waals surface area contributed by atoms with E-state index in [1.807, 2.05) is 60.7 Å². The number of H-pyrrole nitrogens is 1. The standard InChI is InChI=1S/C25H22N4O3/c26-13-20-10-17(6-7-23(20)18-4-2-1-3-5-18)16-32-22-12-19-11-21(29-25(19)28-15-22)14-27-9-8-24(30)31/h1-7,10-12,15,27H,8-9,14,16H2,(H,28,29)(H,30,31). The van der Waals surface area contributed by atoms with Crippen molar-refractivity contribution in [3.63, 3.8) is 0 Å². The summed E-state index contributed by atoms with van der Waals surface area (Å²) >= 11 is 0. The van der Waals surface area contributed by atoms with Crippen LogP contribution in [0.1, 0.15) is 23.2 Å². The van der Waals surface area contributed by atoms with E-state index in [0.29, 0.717) is 31.0 Å². The maximum absolute atomic E-state index is 10.6. The molecule has 2 aromatic heterocycles. The first-order valence-corrected chi connectivity index (χ1v) is 10.2. The van der Waals surface area contributed by atoms with Gasteiger partial charge in [-0.2, -0.15) is 5.26 Å². The molecule has 0 amide bonds. The average Bonchev–Trinajstić information content (AvgIpc) is 3.23. The molecule has 4 rings (SSSR count). The highest BCUT2D eigenvalue weighted by atomic mass is 16.5. The first-order chi connectivity index (χ1) is 15.6. The molecule has 2 aromatic carbocycles. The van der Waals surface area contributed by atoms with Gasteiger partial charge in [0.15, 0.2) is 0 Å². The lowest BCUT2D eigenvalue weighted by Crippen LogP contribution is -2.17. The van der Waals surface area contributed by atoms with Crippen molar-refractivity contribution in [2.24, 2.45) is 0 Å². The van der Waals surface area contributed by atoms with E-state index in [1.54, 1.807) is 6.20 Å². The normalized spacial score (nSPS) is 10.7. The first kappa shape index (κ1) is 21.1. The third kappa shape index (κ3) is 5.12. The number of carboxylic acid groups (broad SMARTS) is 1. The number of rotatable bonds is 9. The molecule has 4 aromatic rings. The van der Waals surface area contributed by atoms with Gasteiger partial charge in [-0.1, -0.05) is 42.5 Å². The molecule has 0 atom stereocenters. The van der Waals surface area contributed by atoms with Crippen LogP contribution in [0.5, 0.6) is 5.75 Å². The lowest BCUT2D eigenvalue weighted by atomic mass is 9.98. The van der Waals surface area contributed by atoms with Gasteiger partial charge in [-0.3, -0.25) is 4.79 Å². The Bertz CT molecular complexity index is 1280. The molecule has 160 valence electrons. The Balaban J connectivity index is 1.41. The van der Waals surface area contributed by atoms with Gasteiger partial charge in [-0.15, -0.1) is 0 Å². The predicted octanol–water partition coefficient (Wildman–Crippen LogP) is 4.24. The number of fused-ring (bicyclic) bond motifs is 1. The number of ether oxygens (including phenoxy) is 1. The van der Waals surface area contributed by atoms with E-state index in [0.717, 1.165) is 33.4 Å². The SMILES string of the molecule is N#Cc1cc(COc2cnc3[nH]c(CNCCC(=O)O)cc3c2)ccc1-c1ccccc1. The largest absolute Gasteiger partial charge is 0.487 e. The topological polar surface area (TPSA) is 111 Å². The van der Waals surface area contributed by atoms with Crippen molar-refractivity contribution in [3.8, 4) is 22.9 Å². The van der Waals surface area contributed by atoms with Gasteiger partial charge in [0.05, 0.1) is 24.3 Å². The minimum Gasteiger partial charge on any atom is -0.487 e.